The van der Waals surface area contributed by atoms with Crippen molar-refractivity contribution < 1.29 is 31.1 Å². The second kappa shape index (κ2) is 7.16. The van der Waals surface area contributed by atoms with Gasteiger partial charge < -0.3 is 4.74 Å². The summed E-state index contributed by atoms with van der Waals surface area (Å²) < 4.78 is 70.2. The maximum Gasteiger partial charge on any atom is 0.416 e. The maximum absolute atomic E-state index is 12.8. The third-order valence-corrected chi connectivity index (χ3v) is 5.29. The first-order valence-corrected chi connectivity index (χ1v) is 8.90. The molecule has 2 aromatic carbocycles. The highest BCUT2D eigenvalue weighted by molar-refractivity contribution is 7.92. The molecule has 2 aromatic rings. The van der Waals surface area contributed by atoms with Crippen molar-refractivity contribution in [3.8, 4) is 0 Å². The molecule has 5 nitrogen and oxygen atoms in total. The van der Waals surface area contributed by atoms with E-state index < -0.39 is 32.6 Å². The third kappa shape index (κ3) is 4.28. The number of hydrogen-bond acceptors (Lipinski definition) is 4. The second-order valence-electron chi connectivity index (χ2n) is 5.27. The van der Waals surface area contributed by atoms with Crippen LogP contribution in [-0.2, 0) is 20.9 Å². The van der Waals surface area contributed by atoms with Gasteiger partial charge in [-0.1, -0.05) is 11.6 Å². The minimum absolute atomic E-state index is 0.0890. The molecule has 140 valence electrons. The largest absolute Gasteiger partial charge is 0.465 e. The summed E-state index contributed by atoms with van der Waals surface area (Å²) in [6.07, 6.45) is -4.72. The molecule has 0 aliphatic rings. The van der Waals surface area contributed by atoms with E-state index in [2.05, 4.69) is 9.46 Å². The lowest BCUT2D eigenvalue weighted by molar-refractivity contribution is -0.137. The molecule has 0 fully saturated rings. The van der Waals surface area contributed by atoms with E-state index in [1.807, 2.05) is 0 Å². The number of carbonyl (C=O) groups excluding carboxylic acids is 1. The highest BCUT2D eigenvalue weighted by Crippen LogP contribution is 2.34. The highest BCUT2D eigenvalue weighted by atomic mass is 35.5. The molecule has 0 heterocycles. The van der Waals surface area contributed by atoms with Gasteiger partial charge in [0.25, 0.3) is 10.0 Å². The van der Waals surface area contributed by atoms with Crippen LogP contribution in [0.5, 0.6) is 0 Å². The molecule has 10 heteroatoms. The van der Waals surface area contributed by atoms with Crippen LogP contribution in [0.4, 0.5) is 18.9 Å². The normalized spacial score (nSPS) is 11.9. The van der Waals surface area contributed by atoms with Crippen LogP contribution in [0, 0.1) is 6.92 Å². The molecule has 0 aliphatic heterocycles. The van der Waals surface area contributed by atoms with Gasteiger partial charge in [-0.05, 0) is 48.9 Å². The monoisotopic (exact) mass is 407 g/mol. The van der Waals surface area contributed by atoms with Gasteiger partial charge in [0.15, 0.2) is 0 Å². The molecule has 0 radical (unpaired) electrons. The lowest BCUT2D eigenvalue weighted by Crippen LogP contribution is -2.16. The van der Waals surface area contributed by atoms with Crippen LogP contribution in [-0.4, -0.2) is 21.5 Å². The third-order valence-electron chi connectivity index (χ3n) is 3.44. The van der Waals surface area contributed by atoms with Crippen LogP contribution in [0.3, 0.4) is 0 Å². The van der Waals surface area contributed by atoms with Crippen LogP contribution >= 0.6 is 11.6 Å². The molecule has 0 unspecified atom stereocenters. The Morgan fingerprint density at radius 1 is 1.15 bits per heavy atom. The van der Waals surface area contributed by atoms with Gasteiger partial charge in [0.2, 0.25) is 0 Å². The van der Waals surface area contributed by atoms with E-state index in [-0.39, 0.29) is 16.3 Å². The predicted molar refractivity (Wildman–Crippen MR) is 89.8 cm³/mol. The Kier molecular flexibility index (Phi) is 5.52. The van der Waals surface area contributed by atoms with Gasteiger partial charge in [0, 0.05) is 0 Å². The lowest BCUT2D eigenvalue weighted by Gasteiger charge is -2.14. The SMILES string of the molecule is COC(=O)c1ccc(NS(=O)(=O)c2cc(C(F)(F)F)ccc2Cl)c(C)c1. The number of benzene rings is 2. The van der Waals surface area contributed by atoms with Crippen molar-refractivity contribution >= 4 is 33.3 Å². The smallest absolute Gasteiger partial charge is 0.416 e. The zero-order valence-electron chi connectivity index (χ0n) is 13.5. The Bertz CT molecular complexity index is 958. The first-order chi connectivity index (χ1) is 12.0. The Balaban J connectivity index is 2.42. The lowest BCUT2D eigenvalue weighted by atomic mass is 10.1. The number of esters is 1. The summed E-state index contributed by atoms with van der Waals surface area (Å²) in [5.41, 5.74) is -0.476. The number of sulfonamides is 1. The summed E-state index contributed by atoms with van der Waals surface area (Å²) in [7, 11) is -3.19. The van der Waals surface area contributed by atoms with Gasteiger partial charge in [-0.2, -0.15) is 13.2 Å². The number of nitrogens with one attached hydrogen (secondary N) is 1. The van der Waals surface area contributed by atoms with Crippen LogP contribution < -0.4 is 4.72 Å². The van der Waals surface area contributed by atoms with Crippen LogP contribution in [0.1, 0.15) is 21.5 Å². The van der Waals surface area contributed by atoms with Crippen molar-refractivity contribution in [2.75, 3.05) is 11.8 Å². The average molecular weight is 408 g/mol. The minimum atomic E-state index is -4.72. The number of rotatable bonds is 4. The van der Waals surface area contributed by atoms with Crippen molar-refractivity contribution in [3.05, 3.63) is 58.1 Å². The fourth-order valence-electron chi connectivity index (χ4n) is 2.11. The van der Waals surface area contributed by atoms with Gasteiger partial charge in [-0.15, -0.1) is 0 Å². The highest BCUT2D eigenvalue weighted by Gasteiger charge is 2.32. The summed E-state index contributed by atoms with van der Waals surface area (Å²) in [5.74, 6) is -0.608. The number of carbonyl (C=O) groups is 1. The van der Waals surface area contributed by atoms with E-state index in [1.165, 1.54) is 32.2 Å². The van der Waals surface area contributed by atoms with Crippen LogP contribution in [0.25, 0.3) is 0 Å². The van der Waals surface area contributed by atoms with E-state index in [0.29, 0.717) is 17.7 Å². The Morgan fingerprint density at radius 3 is 2.35 bits per heavy atom. The van der Waals surface area contributed by atoms with Crippen molar-refractivity contribution in [1.82, 2.24) is 0 Å². The minimum Gasteiger partial charge on any atom is -0.465 e. The van der Waals surface area contributed by atoms with E-state index in [4.69, 9.17) is 11.6 Å². The van der Waals surface area contributed by atoms with Crippen molar-refractivity contribution in [2.45, 2.75) is 18.0 Å². The molecule has 0 aliphatic carbocycles. The van der Waals surface area contributed by atoms with Crippen LogP contribution in [0.2, 0.25) is 5.02 Å². The quantitative estimate of drug-likeness (QED) is 0.769. The standard InChI is InChI=1S/C16H13ClF3NO4S/c1-9-7-10(15(22)25-2)3-6-13(9)21-26(23,24)14-8-11(16(18,19)20)4-5-12(14)17/h3-8,21H,1-2H3. The first-order valence-electron chi connectivity index (χ1n) is 7.04. The van der Waals surface area contributed by atoms with Crippen molar-refractivity contribution in [2.24, 2.45) is 0 Å². The molecular weight excluding hydrogens is 395 g/mol. The number of aryl methyl sites for hydroxylation is 1. The number of ether oxygens (including phenoxy) is 1. The molecular formula is C16H13ClF3NO4S. The predicted octanol–water partition coefficient (Wildman–Crippen LogP) is 4.25. The molecule has 0 aromatic heterocycles. The average Bonchev–Trinajstić information content (AvgIpc) is 2.55. The summed E-state index contributed by atoms with van der Waals surface area (Å²) >= 11 is 5.77. The summed E-state index contributed by atoms with van der Waals surface area (Å²) in [6, 6.07) is 6.04. The molecule has 1 N–H and O–H groups in total. The fourth-order valence-corrected chi connectivity index (χ4v) is 3.77. The number of anilines is 1. The van der Waals surface area contributed by atoms with Crippen molar-refractivity contribution in [1.29, 1.82) is 0 Å². The van der Waals surface area contributed by atoms with Gasteiger partial charge in [0.1, 0.15) is 4.90 Å². The zero-order valence-corrected chi connectivity index (χ0v) is 15.1. The first kappa shape index (κ1) is 20.1. The second-order valence-corrected chi connectivity index (χ2v) is 7.33. The molecule has 0 bridgehead atoms. The van der Waals surface area contributed by atoms with Gasteiger partial charge in [-0.25, -0.2) is 13.2 Å². The summed E-state index contributed by atoms with van der Waals surface area (Å²) in [6.45, 7) is 1.53. The Hall–Kier alpha value is -2.26. The van der Waals surface area contributed by atoms with E-state index in [1.54, 1.807) is 0 Å². The molecule has 0 atom stereocenters. The van der Waals surface area contributed by atoms with Gasteiger partial charge in [0.05, 0.1) is 28.9 Å². The molecule has 0 spiro atoms. The van der Waals surface area contributed by atoms with E-state index >= 15 is 0 Å². The summed E-state index contributed by atoms with van der Waals surface area (Å²) in [5, 5.41) is -0.352. The summed E-state index contributed by atoms with van der Waals surface area (Å²) in [4.78, 5) is 10.8. The Labute approximate surface area is 152 Å². The number of alkyl halides is 3. The molecule has 0 saturated carbocycles. The van der Waals surface area contributed by atoms with Gasteiger partial charge in [-0.3, -0.25) is 4.72 Å². The van der Waals surface area contributed by atoms with Crippen LogP contribution in [0.15, 0.2) is 41.3 Å². The van der Waals surface area contributed by atoms with Gasteiger partial charge >= 0.3 is 12.1 Å². The number of halogens is 4. The van der Waals surface area contributed by atoms with Crippen molar-refractivity contribution in [3.63, 3.8) is 0 Å². The molecule has 2 rings (SSSR count). The zero-order chi connectivity index (χ0) is 19.7. The Morgan fingerprint density at radius 2 is 1.81 bits per heavy atom. The number of methoxy groups -OCH3 is 1. The maximum atomic E-state index is 12.8. The molecule has 26 heavy (non-hydrogen) atoms. The van der Waals surface area contributed by atoms with E-state index in [9.17, 15) is 26.4 Å². The van der Waals surface area contributed by atoms with E-state index in [0.717, 1.165) is 6.07 Å². The fraction of sp³-hybridized carbons (Fsp3) is 0.188. The topological polar surface area (TPSA) is 72.5 Å². The molecule has 0 amide bonds. The number of hydrogen-bond donors (Lipinski definition) is 1. The molecule has 0 saturated heterocycles.